The van der Waals surface area contributed by atoms with Gasteiger partial charge in [0.25, 0.3) is 0 Å². The number of amidine groups is 1. The lowest BCUT2D eigenvalue weighted by molar-refractivity contribution is 0.358. The van der Waals surface area contributed by atoms with Gasteiger partial charge in [0.05, 0.1) is 27.6 Å². The topological polar surface area (TPSA) is 39.7 Å². The number of anilines is 2. The van der Waals surface area contributed by atoms with Crippen LogP contribution in [-0.2, 0) is 0 Å². The summed E-state index contributed by atoms with van der Waals surface area (Å²) in [4.78, 5) is 7.27. The van der Waals surface area contributed by atoms with E-state index in [2.05, 4.69) is 37.5 Å². The van der Waals surface area contributed by atoms with Crippen molar-refractivity contribution in [1.29, 1.82) is 0 Å². The van der Waals surface area contributed by atoms with Gasteiger partial charge in [0.2, 0.25) is 0 Å². The summed E-state index contributed by atoms with van der Waals surface area (Å²) in [6.07, 6.45) is 0. The Kier molecular flexibility index (Phi) is 4.01. The van der Waals surface area contributed by atoms with Gasteiger partial charge >= 0.3 is 0 Å². The fourth-order valence-corrected chi connectivity index (χ4v) is 3.59. The number of hydrogen-bond acceptors (Lipinski definition) is 4. The number of halogens is 2. The first-order chi connectivity index (χ1) is 11.2. The molecule has 2 aromatic carbocycles. The molecule has 0 unspecified atom stereocenters. The monoisotopic (exact) mass is 390 g/mol. The fourth-order valence-electron chi connectivity index (χ4n) is 2.98. The van der Waals surface area contributed by atoms with E-state index in [1.807, 2.05) is 30.3 Å². The van der Waals surface area contributed by atoms with E-state index in [0.29, 0.717) is 0 Å². The van der Waals surface area contributed by atoms with Gasteiger partial charge < -0.3 is 15.5 Å². The van der Waals surface area contributed by atoms with Gasteiger partial charge in [0.1, 0.15) is 5.84 Å². The predicted octanol–water partition coefficient (Wildman–Crippen LogP) is 4.14. The van der Waals surface area contributed by atoms with Crippen molar-refractivity contribution in [1.82, 2.24) is 10.2 Å². The highest BCUT2D eigenvalue weighted by molar-refractivity contribution is 9.10. The zero-order valence-corrected chi connectivity index (χ0v) is 14.8. The molecule has 23 heavy (non-hydrogen) atoms. The maximum Gasteiger partial charge on any atom is 0.140 e. The van der Waals surface area contributed by atoms with Crippen molar-refractivity contribution in [2.75, 3.05) is 31.5 Å². The largest absolute Gasteiger partial charge is 0.353 e. The summed E-state index contributed by atoms with van der Waals surface area (Å²) in [5.74, 6) is 0.941. The molecule has 2 aliphatic rings. The quantitative estimate of drug-likeness (QED) is 0.709. The molecule has 1 fully saturated rings. The number of benzene rings is 2. The van der Waals surface area contributed by atoms with Crippen LogP contribution in [-0.4, -0.2) is 36.9 Å². The van der Waals surface area contributed by atoms with Crippen molar-refractivity contribution in [3.05, 3.63) is 51.5 Å². The minimum atomic E-state index is 0.721. The Labute approximate surface area is 148 Å². The van der Waals surface area contributed by atoms with Crippen molar-refractivity contribution >= 4 is 50.4 Å². The van der Waals surface area contributed by atoms with Crippen LogP contribution >= 0.6 is 27.5 Å². The maximum atomic E-state index is 6.53. The predicted molar refractivity (Wildman–Crippen MR) is 99.5 cm³/mol. The molecule has 2 aliphatic heterocycles. The molecule has 2 aromatic rings. The van der Waals surface area contributed by atoms with Gasteiger partial charge in [0, 0.05) is 30.7 Å². The highest BCUT2D eigenvalue weighted by atomic mass is 79.9. The standard InChI is InChI=1S/C17H16BrClN4/c18-11-4-5-13-15(10-11)22-17(23-8-6-20-7-9-23)16-12(19)2-1-3-14(16)21-13/h1-5,10,20-21H,6-9H2. The number of hydrogen-bond donors (Lipinski definition) is 2. The summed E-state index contributed by atoms with van der Waals surface area (Å²) in [6, 6.07) is 12.0. The average Bonchev–Trinajstić information content (AvgIpc) is 2.73. The van der Waals surface area contributed by atoms with Gasteiger partial charge in [-0.15, -0.1) is 0 Å². The van der Waals surface area contributed by atoms with Gasteiger partial charge in [-0.25, -0.2) is 4.99 Å². The highest BCUT2D eigenvalue weighted by Crippen LogP contribution is 2.38. The Morgan fingerprint density at radius 3 is 2.74 bits per heavy atom. The molecule has 0 aliphatic carbocycles. The van der Waals surface area contributed by atoms with E-state index in [0.717, 1.165) is 64.1 Å². The minimum absolute atomic E-state index is 0.721. The van der Waals surface area contributed by atoms with Gasteiger partial charge in [-0.3, -0.25) is 0 Å². The SMILES string of the molecule is Clc1cccc2c1C(N1CCNCC1)=Nc1cc(Br)ccc1N2. The Morgan fingerprint density at radius 2 is 1.91 bits per heavy atom. The molecule has 0 amide bonds. The van der Waals surface area contributed by atoms with Crippen LogP contribution in [0, 0.1) is 0 Å². The lowest BCUT2D eigenvalue weighted by Crippen LogP contribution is -2.46. The molecule has 118 valence electrons. The Balaban J connectivity index is 1.92. The number of piperazine rings is 1. The average molecular weight is 392 g/mol. The van der Waals surface area contributed by atoms with E-state index in [9.17, 15) is 0 Å². The number of fused-ring (bicyclic) bond motifs is 2. The molecule has 2 heterocycles. The first-order valence-corrected chi connectivity index (χ1v) is 8.79. The summed E-state index contributed by atoms with van der Waals surface area (Å²) in [6.45, 7) is 3.76. The molecule has 4 nitrogen and oxygen atoms in total. The van der Waals surface area contributed by atoms with E-state index in [-0.39, 0.29) is 0 Å². The number of nitrogens with zero attached hydrogens (tertiary/aromatic N) is 2. The second-order valence-corrected chi connectivity index (χ2v) is 6.94. The van der Waals surface area contributed by atoms with E-state index in [4.69, 9.17) is 16.6 Å². The molecule has 0 aromatic heterocycles. The number of nitrogens with one attached hydrogen (secondary N) is 2. The van der Waals surface area contributed by atoms with Crippen LogP contribution in [0.4, 0.5) is 17.1 Å². The summed E-state index contributed by atoms with van der Waals surface area (Å²) in [7, 11) is 0. The summed E-state index contributed by atoms with van der Waals surface area (Å²) in [5, 5.41) is 7.58. The maximum absolute atomic E-state index is 6.53. The number of aliphatic imine (C=N–C) groups is 1. The van der Waals surface area contributed by atoms with Gasteiger partial charge in [0.15, 0.2) is 0 Å². The smallest absolute Gasteiger partial charge is 0.140 e. The third-order valence-electron chi connectivity index (χ3n) is 4.11. The molecule has 0 radical (unpaired) electrons. The van der Waals surface area contributed by atoms with Crippen LogP contribution in [0.15, 0.2) is 45.9 Å². The molecular formula is C17H16BrClN4. The van der Waals surface area contributed by atoms with Gasteiger partial charge in [-0.2, -0.15) is 0 Å². The van der Waals surface area contributed by atoms with Crippen molar-refractivity contribution < 1.29 is 0 Å². The summed E-state index contributed by atoms with van der Waals surface area (Å²) < 4.78 is 1.01. The van der Waals surface area contributed by atoms with E-state index < -0.39 is 0 Å². The Hall–Kier alpha value is -1.56. The zero-order chi connectivity index (χ0) is 15.8. The van der Waals surface area contributed by atoms with Gasteiger partial charge in [-0.05, 0) is 30.3 Å². The summed E-state index contributed by atoms with van der Waals surface area (Å²) >= 11 is 10.1. The van der Waals surface area contributed by atoms with Crippen LogP contribution in [0.3, 0.4) is 0 Å². The first kappa shape index (κ1) is 15.0. The molecule has 6 heteroatoms. The van der Waals surface area contributed by atoms with Crippen LogP contribution < -0.4 is 10.6 Å². The normalized spacial score (nSPS) is 16.8. The molecule has 0 atom stereocenters. The molecule has 0 saturated carbocycles. The molecule has 0 bridgehead atoms. The first-order valence-electron chi connectivity index (χ1n) is 7.62. The Bertz CT molecular complexity index is 784. The third-order valence-corrected chi connectivity index (χ3v) is 4.92. The fraction of sp³-hybridized carbons (Fsp3) is 0.235. The van der Waals surface area contributed by atoms with Crippen molar-refractivity contribution in [2.45, 2.75) is 0 Å². The van der Waals surface area contributed by atoms with Crippen LogP contribution in [0.1, 0.15) is 5.56 Å². The van der Waals surface area contributed by atoms with Crippen LogP contribution in [0.2, 0.25) is 5.02 Å². The van der Waals surface area contributed by atoms with Gasteiger partial charge in [-0.1, -0.05) is 33.6 Å². The summed E-state index contributed by atoms with van der Waals surface area (Å²) in [5.41, 5.74) is 3.88. The third kappa shape index (κ3) is 2.84. The van der Waals surface area contributed by atoms with Crippen molar-refractivity contribution in [2.24, 2.45) is 4.99 Å². The van der Waals surface area contributed by atoms with E-state index in [1.165, 1.54) is 0 Å². The second-order valence-electron chi connectivity index (χ2n) is 5.62. The van der Waals surface area contributed by atoms with E-state index in [1.54, 1.807) is 0 Å². The molecule has 4 rings (SSSR count). The van der Waals surface area contributed by atoms with Crippen molar-refractivity contribution in [3.8, 4) is 0 Å². The molecule has 1 saturated heterocycles. The van der Waals surface area contributed by atoms with Crippen LogP contribution in [0.25, 0.3) is 0 Å². The number of rotatable bonds is 0. The van der Waals surface area contributed by atoms with Crippen LogP contribution in [0.5, 0.6) is 0 Å². The Morgan fingerprint density at radius 1 is 1.09 bits per heavy atom. The second kappa shape index (κ2) is 6.15. The molecule has 0 spiro atoms. The van der Waals surface area contributed by atoms with E-state index >= 15 is 0 Å². The molecule has 2 N–H and O–H groups in total. The zero-order valence-electron chi connectivity index (χ0n) is 12.4. The lowest BCUT2D eigenvalue weighted by Gasteiger charge is -2.31. The molecular weight excluding hydrogens is 376 g/mol. The minimum Gasteiger partial charge on any atom is -0.353 e. The lowest BCUT2D eigenvalue weighted by atomic mass is 10.1. The highest BCUT2D eigenvalue weighted by Gasteiger charge is 2.24. The van der Waals surface area contributed by atoms with Crippen molar-refractivity contribution in [3.63, 3.8) is 0 Å².